The number of rotatable bonds is 5. The van der Waals surface area contributed by atoms with Gasteiger partial charge in [-0.2, -0.15) is 11.8 Å². The van der Waals surface area contributed by atoms with Gasteiger partial charge in [-0.15, -0.1) is 0 Å². The SMILES string of the molecule is CCSC1CCCC1NC(=O)C1CCCC1CN. The average molecular weight is 270 g/mol. The van der Waals surface area contributed by atoms with E-state index < -0.39 is 0 Å². The summed E-state index contributed by atoms with van der Waals surface area (Å²) >= 11 is 2.00. The summed E-state index contributed by atoms with van der Waals surface area (Å²) in [7, 11) is 0. The number of nitrogens with two attached hydrogens (primary N) is 1. The molecule has 0 bridgehead atoms. The summed E-state index contributed by atoms with van der Waals surface area (Å²) in [6.07, 6.45) is 7.00. The Labute approximate surface area is 115 Å². The van der Waals surface area contributed by atoms with E-state index in [1.165, 1.54) is 12.8 Å². The molecule has 2 aliphatic carbocycles. The minimum atomic E-state index is 0.183. The maximum atomic E-state index is 12.3. The van der Waals surface area contributed by atoms with E-state index in [2.05, 4.69) is 12.2 Å². The molecule has 104 valence electrons. The summed E-state index contributed by atoms with van der Waals surface area (Å²) in [6, 6.07) is 0.404. The van der Waals surface area contributed by atoms with Crippen LogP contribution in [0.4, 0.5) is 0 Å². The molecule has 0 aromatic rings. The number of carbonyl (C=O) groups excluding carboxylic acids is 1. The highest BCUT2D eigenvalue weighted by molar-refractivity contribution is 7.99. The third-order valence-corrected chi connectivity index (χ3v) is 5.79. The Morgan fingerprint density at radius 3 is 2.78 bits per heavy atom. The number of hydrogen-bond acceptors (Lipinski definition) is 3. The molecule has 2 rings (SSSR count). The second-order valence-electron chi connectivity index (χ2n) is 5.57. The van der Waals surface area contributed by atoms with Crippen molar-refractivity contribution in [2.24, 2.45) is 17.6 Å². The second kappa shape index (κ2) is 6.80. The first-order valence-corrected chi connectivity index (χ1v) is 8.43. The summed E-state index contributed by atoms with van der Waals surface area (Å²) in [4.78, 5) is 12.3. The Morgan fingerprint density at radius 2 is 2.06 bits per heavy atom. The van der Waals surface area contributed by atoms with Crippen molar-refractivity contribution in [3.63, 3.8) is 0 Å². The van der Waals surface area contributed by atoms with Gasteiger partial charge >= 0.3 is 0 Å². The monoisotopic (exact) mass is 270 g/mol. The molecule has 4 heteroatoms. The fourth-order valence-corrected chi connectivity index (χ4v) is 4.66. The van der Waals surface area contributed by atoms with Gasteiger partial charge in [0.25, 0.3) is 0 Å². The van der Waals surface area contributed by atoms with Crippen LogP contribution in [0, 0.1) is 11.8 Å². The molecule has 0 aliphatic heterocycles. The van der Waals surface area contributed by atoms with Gasteiger partial charge in [0, 0.05) is 17.2 Å². The number of hydrogen-bond donors (Lipinski definition) is 2. The molecular formula is C14H26N2OS. The lowest BCUT2D eigenvalue weighted by Crippen LogP contribution is -2.43. The summed E-state index contributed by atoms with van der Waals surface area (Å²) in [5.74, 6) is 2.02. The van der Waals surface area contributed by atoms with E-state index in [1.54, 1.807) is 0 Å². The van der Waals surface area contributed by atoms with E-state index in [9.17, 15) is 4.79 Å². The summed E-state index contributed by atoms with van der Waals surface area (Å²) in [5, 5.41) is 3.94. The van der Waals surface area contributed by atoms with Crippen LogP contribution < -0.4 is 11.1 Å². The topological polar surface area (TPSA) is 55.1 Å². The van der Waals surface area contributed by atoms with Crippen molar-refractivity contribution in [1.29, 1.82) is 0 Å². The molecule has 2 aliphatic rings. The molecule has 0 heterocycles. The molecule has 18 heavy (non-hydrogen) atoms. The van der Waals surface area contributed by atoms with Crippen molar-refractivity contribution in [3.05, 3.63) is 0 Å². The van der Waals surface area contributed by atoms with Crippen LogP contribution in [-0.4, -0.2) is 29.5 Å². The van der Waals surface area contributed by atoms with Crippen LogP contribution in [0.25, 0.3) is 0 Å². The van der Waals surface area contributed by atoms with Gasteiger partial charge in [-0.25, -0.2) is 0 Å². The van der Waals surface area contributed by atoms with Gasteiger partial charge in [0.2, 0.25) is 5.91 Å². The highest BCUT2D eigenvalue weighted by Crippen LogP contribution is 2.33. The Morgan fingerprint density at radius 1 is 1.28 bits per heavy atom. The van der Waals surface area contributed by atoms with E-state index >= 15 is 0 Å². The zero-order chi connectivity index (χ0) is 13.0. The van der Waals surface area contributed by atoms with Gasteiger partial charge in [0.15, 0.2) is 0 Å². The number of amides is 1. The highest BCUT2D eigenvalue weighted by atomic mass is 32.2. The van der Waals surface area contributed by atoms with Crippen LogP contribution in [0.15, 0.2) is 0 Å². The number of carbonyl (C=O) groups is 1. The summed E-state index contributed by atoms with van der Waals surface area (Å²) < 4.78 is 0. The van der Waals surface area contributed by atoms with Crippen molar-refractivity contribution in [2.75, 3.05) is 12.3 Å². The lowest BCUT2D eigenvalue weighted by atomic mass is 9.95. The van der Waals surface area contributed by atoms with E-state index in [0.717, 1.165) is 31.4 Å². The fourth-order valence-electron chi connectivity index (χ4n) is 3.46. The normalized spacial score (nSPS) is 35.9. The first-order valence-electron chi connectivity index (χ1n) is 7.38. The Bertz CT molecular complexity index is 285. The molecular weight excluding hydrogens is 244 g/mol. The molecule has 0 saturated heterocycles. The highest BCUT2D eigenvalue weighted by Gasteiger charge is 2.35. The quantitative estimate of drug-likeness (QED) is 0.805. The van der Waals surface area contributed by atoms with E-state index in [0.29, 0.717) is 23.8 Å². The van der Waals surface area contributed by atoms with Crippen molar-refractivity contribution >= 4 is 17.7 Å². The second-order valence-corrected chi connectivity index (χ2v) is 7.09. The van der Waals surface area contributed by atoms with E-state index in [-0.39, 0.29) is 11.8 Å². The standard InChI is InChI=1S/C14H26N2OS/c1-2-18-13-8-4-7-12(13)16-14(17)11-6-3-5-10(11)9-15/h10-13H,2-9,15H2,1H3,(H,16,17). The Kier molecular flexibility index (Phi) is 5.37. The molecule has 3 nitrogen and oxygen atoms in total. The van der Waals surface area contributed by atoms with Gasteiger partial charge < -0.3 is 11.1 Å². The lowest BCUT2D eigenvalue weighted by molar-refractivity contribution is -0.126. The predicted molar refractivity (Wildman–Crippen MR) is 77.6 cm³/mol. The molecule has 2 fully saturated rings. The van der Waals surface area contributed by atoms with Crippen LogP contribution in [0.5, 0.6) is 0 Å². The molecule has 0 aromatic carbocycles. The molecule has 1 amide bonds. The van der Waals surface area contributed by atoms with Crippen LogP contribution in [0.2, 0.25) is 0 Å². The zero-order valence-corrected chi connectivity index (χ0v) is 12.2. The van der Waals surface area contributed by atoms with Crippen LogP contribution in [0.3, 0.4) is 0 Å². The van der Waals surface area contributed by atoms with Crippen molar-refractivity contribution in [1.82, 2.24) is 5.32 Å². The molecule has 0 aromatic heterocycles. The van der Waals surface area contributed by atoms with Crippen molar-refractivity contribution in [3.8, 4) is 0 Å². The first kappa shape index (κ1) is 14.2. The lowest BCUT2D eigenvalue weighted by Gasteiger charge is -2.24. The van der Waals surface area contributed by atoms with Crippen LogP contribution in [-0.2, 0) is 4.79 Å². The molecule has 3 N–H and O–H groups in total. The molecule has 2 saturated carbocycles. The number of nitrogens with one attached hydrogen (secondary N) is 1. The van der Waals surface area contributed by atoms with Crippen molar-refractivity contribution in [2.45, 2.75) is 56.7 Å². The van der Waals surface area contributed by atoms with Gasteiger partial charge in [-0.1, -0.05) is 19.8 Å². The predicted octanol–water partition coefficient (Wildman–Crippen LogP) is 2.15. The third-order valence-electron chi connectivity index (χ3n) is 4.46. The first-order chi connectivity index (χ1) is 8.76. The number of thioether (sulfide) groups is 1. The summed E-state index contributed by atoms with van der Waals surface area (Å²) in [6.45, 7) is 2.86. The van der Waals surface area contributed by atoms with E-state index in [4.69, 9.17) is 5.73 Å². The van der Waals surface area contributed by atoms with E-state index in [1.807, 2.05) is 11.8 Å². The largest absolute Gasteiger partial charge is 0.352 e. The van der Waals surface area contributed by atoms with Gasteiger partial charge in [0.1, 0.15) is 0 Å². The van der Waals surface area contributed by atoms with Crippen LogP contribution >= 0.6 is 11.8 Å². The van der Waals surface area contributed by atoms with Crippen LogP contribution in [0.1, 0.15) is 45.4 Å². The minimum Gasteiger partial charge on any atom is -0.352 e. The van der Waals surface area contributed by atoms with Gasteiger partial charge in [-0.3, -0.25) is 4.79 Å². The maximum Gasteiger partial charge on any atom is 0.223 e. The molecule has 4 atom stereocenters. The molecule has 0 radical (unpaired) electrons. The average Bonchev–Trinajstić information content (AvgIpc) is 2.98. The van der Waals surface area contributed by atoms with Crippen molar-refractivity contribution < 1.29 is 4.79 Å². The smallest absolute Gasteiger partial charge is 0.223 e. The Balaban J connectivity index is 1.86. The molecule has 4 unspecified atom stereocenters. The zero-order valence-electron chi connectivity index (χ0n) is 11.4. The van der Waals surface area contributed by atoms with Gasteiger partial charge in [-0.05, 0) is 43.9 Å². The maximum absolute atomic E-state index is 12.3. The minimum absolute atomic E-state index is 0.183. The molecule has 0 spiro atoms. The van der Waals surface area contributed by atoms with Gasteiger partial charge in [0.05, 0.1) is 0 Å². The third kappa shape index (κ3) is 3.21. The summed E-state index contributed by atoms with van der Waals surface area (Å²) in [5.41, 5.74) is 5.76. The Hall–Kier alpha value is -0.220. The fraction of sp³-hybridized carbons (Fsp3) is 0.929.